The van der Waals surface area contributed by atoms with Crippen LogP contribution >= 0.6 is 0 Å². The van der Waals surface area contributed by atoms with Gasteiger partial charge in [-0.05, 0) is 206 Å². The van der Waals surface area contributed by atoms with Gasteiger partial charge >= 0.3 is 0 Å². The molecular weight excluding hydrogens is 809 g/mol. The van der Waals surface area contributed by atoms with Crippen LogP contribution in [-0.4, -0.2) is 72.4 Å². The van der Waals surface area contributed by atoms with Crippen LogP contribution in [0.3, 0.4) is 0 Å². The average Bonchev–Trinajstić information content (AvgIpc) is 3.62. The van der Waals surface area contributed by atoms with Crippen LogP contribution in [0.1, 0.15) is 198 Å². The summed E-state index contributed by atoms with van der Waals surface area (Å²) in [6.45, 7) is 33.1. The molecule has 4 unspecified atom stereocenters. The van der Waals surface area contributed by atoms with Gasteiger partial charge in [0.05, 0.1) is 11.2 Å². The van der Waals surface area contributed by atoms with Crippen molar-refractivity contribution in [3.63, 3.8) is 0 Å². The Morgan fingerprint density at radius 2 is 1.03 bits per heavy atom. The summed E-state index contributed by atoms with van der Waals surface area (Å²) in [5, 5.41) is 20.1. The molecule has 0 aromatic carbocycles. The van der Waals surface area contributed by atoms with Gasteiger partial charge in [0.2, 0.25) is 0 Å². The van der Waals surface area contributed by atoms with Crippen molar-refractivity contribution in [3.05, 3.63) is 0 Å². The zero-order valence-electron chi connectivity index (χ0n) is 43.0. The van der Waals surface area contributed by atoms with Gasteiger partial charge in [-0.2, -0.15) is 0 Å². The predicted molar refractivity (Wildman–Crippen MR) is 259 cm³/mol. The summed E-state index contributed by atoms with van der Waals surface area (Å²) in [7, 11) is -3.41. The van der Waals surface area contributed by atoms with Gasteiger partial charge in [-0.3, -0.25) is 19.2 Å². The van der Waals surface area contributed by atoms with Crippen molar-refractivity contribution in [2.24, 2.45) is 46.3 Å². The van der Waals surface area contributed by atoms with Crippen LogP contribution < -0.4 is 0 Å². The van der Waals surface area contributed by atoms with E-state index >= 15 is 0 Å². The van der Waals surface area contributed by atoms with Crippen LogP contribution in [0.25, 0.3) is 0 Å². The molecule has 0 radical (unpaired) electrons. The summed E-state index contributed by atoms with van der Waals surface area (Å²) < 4.78 is 12.7. The first kappa shape index (κ1) is 55.3. The third-order valence-corrected chi connectivity index (χ3v) is 18.0. The van der Waals surface area contributed by atoms with Gasteiger partial charge < -0.3 is 19.1 Å². The standard InChI is InChI=1S/C29H56O4Si2.C23H40O4/c1-27(2,32-34(6,7)8)20-12-14-22(16-19-26(31)28(3,4)33-35(9,10)11)23-17-18-24-25(30)15-13-21-29(23,24)5;1-21(2,26)14-6-8-16(10-13-20(25)22(3,4)27)17-11-12-18-19(24)9-7-15-23(17,18)5/h22-24H,12-21H2,1-11H3;16-18,26-27H,6-15H2,1-5H3/t22-,23?,24?,29+;16-,17?,18?,23+/m00/s1. The Hall–Kier alpha value is -1.05. The number of aliphatic hydroxyl groups is 2. The average molecular weight is 906 g/mol. The van der Waals surface area contributed by atoms with Gasteiger partial charge in [0, 0.05) is 37.5 Å². The number of rotatable bonds is 22. The Morgan fingerprint density at radius 3 is 1.42 bits per heavy atom. The highest BCUT2D eigenvalue weighted by molar-refractivity contribution is 6.70. The van der Waals surface area contributed by atoms with E-state index in [1.165, 1.54) is 0 Å². The molecule has 0 spiro atoms. The zero-order valence-corrected chi connectivity index (χ0v) is 45.0. The van der Waals surface area contributed by atoms with Crippen LogP contribution in [0, 0.1) is 46.3 Å². The summed E-state index contributed by atoms with van der Waals surface area (Å²) >= 11 is 0. The van der Waals surface area contributed by atoms with E-state index < -0.39 is 33.4 Å². The van der Waals surface area contributed by atoms with Gasteiger partial charge in [-0.1, -0.05) is 39.5 Å². The molecule has 4 aliphatic carbocycles. The lowest BCUT2D eigenvalue weighted by atomic mass is 9.61. The summed E-state index contributed by atoms with van der Waals surface area (Å²) in [5.41, 5.74) is -2.60. The fourth-order valence-corrected chi connectivity index (χ4v) is 16.5. The second kappa shape index (κ2) is 21.3. The van der Waals surface area contributed by atoms with Gasteiger partial charge in [0.15, 0.2) is 28.2 Å². The molecule has 4 saturated carbocycles. The van der Waals surface area contributed by atoms with E-state index in [-0.39, 0.29) is 39.8 Å². The van der Waals surface area contributed by atoms with Crippen LogP contribution in [0.2, 0.25) is 39.3 Å². The minimum atomic E-state index is -1.81. The minimum Gasteiger partial charge on any atom is -0.413 e. The Morgan fingerprint density at radius 1 is 0.629 bits per heavy atom. The maximum Gasteiger partial charge on any atom is 0.185 e. The molecule has 62 heavy (non-hydrogen) atoms. The van der Waals surface area contributed by atoms with E-state index in [0.717, 1.165) is 116 Å². The predicted octanol–water partition coefficient (Wildman–Crippen LogP) is 12.6. The number of ketones is 4. The van der Waals surface area contributed by atoms with Crippen molar-refractivity contribution in [2.45, 2.75) is 259 Å². The van der Waals surface area contributed by atoms with E-state index in [1.54, 1.807) is 13.8 Å². The maximum absolute atomic E-state index is 13.3. The molecule has 2 N–H and O–H groups in total. The number of carbonyl (C=O) groups is 4. The lowest BCUT2D eigenvalue weighted by Gasteiger charge is -2.43. The highest BCUT2D eigenvalue weighted by Crippen LogP contribution is 2.59. The SMILES string of the molecule is CC(C)(CCC[C@@H](CCC(=O)C(C)(C)O[Si](C)(C)C)C1CCC2C(=O)CCC[C@@]21C)O[Si](C)(C)C.CC(C)(O)CCC[C@@H](CCC(=O)C(C)(C)O)C1CCC2C(=O)CCC[C@@]21C. The molecule has 8 nitrogen and oxygen atoms in total. The smallest absolute Gasteiger partial charge is 0.185 e. The van der Waals surface area contributed by atoms with Crippen molar-refractivity contribution in [1.29, 1.82) is 0 Å². The van der Waals surface area contributed by atoms with Gasteiger partial charge in [-0.15, -0.1) is 0 Å². The molecule has 0 saturated heterocycles. The van der Waals surface area contributed by atoms with E-state index in [1.807, 2.05) is 27.7 Å². The molecular formula is C52H96O8Si2. The Kier molecular flexibility index (Phi) is 19.0. The highest BCUT2D eigenvalue weighted by Gasteiger charge is 2.54. The molecule has 0 aliphatic heterocycles. The van der Waals surface area contributed by atoms with Crippen LogP contribution in [0.4, 0.5) is 0 Å². The normalized spacial score (nSPS) is 28.5. The summed E-state index contributed by atoms with van der Waals surface area (Å²) in [6.07, 6.45) is 18.6. The zero-order chi connectivity index (χ0) is 47.3. The molecule has 10 heteroatoms. The number of carbonyl (C=O) groups excluding carboxylic acids is 4. The molecule has 0 aromatic heterocycles. The van der Waals surface area contributed by atoms with E-state index in [9.17, 15) is 29.4 Å². The lowest BCUT2D eigenvalue weighted by molar-refractivity contribution is -0.135. The first-order chi connectivity index (χ1) is 28.1. The van der Waals surface area contributed by atoms with E-state index in [0.29, 0.717) is 48.1 Å². The molecule has 360 valence electrons. The summed E-state index contributed by atoms with van der Waals surface area (Å²) in [4.78, 5) is 50.8. The molecule has 0 bridgehead atoms. The highest BCUT2D eigenvalue weighted by atomic mass is 28.4. The first-order valence-electron chi connectivity index (χ1n) is 25.1. The molecule has 4 fully saturated rings. The monoisotopic (exact) mass is 905 g/mol. The van der Waals surface area contributed by atoms with E-state index in [4.69, 9.17) is 8.85 Å². The minimum absolute atomic E-state index is 0.0620. The van der Waals surface area contributed by atoms with Crippen LogP contribution in [0.15, 0.2) is 0 Å². The fourth-order valence-electron chi connectivity index (χ4n) is 13.1. The molecule has 0 heterocycles. The Bertz CT molecular complexity index is 1510. The molecule has 8 atom stereocenters. The molecule has 0 aromatic rings. The third-order valence-electron chi connectivity index (χ3n) is 15.7. The third kappa shape index (κ3) is 16.1. The topological polar surface area (TPSA) is 127 Å². The number of fused-ring (bicyclic) bond motifs is 2. The van der Waals surface area contributed by atoms with Crippen molar-refractivity contribution >= 4 is 39.8 Å². The molecule has 4 rings (SSSR count). The van der Waals surface area contributed by atoms with Crippen molar-refractivity contribution in [3.8, 4) is 0 Å². The maximum atomic E-state index is 13.3. The fraction of sp³-hybridized carbons (Fsp3) is 0.923. The number of Topliss-reactive ketones (excluding diaryl/α,β-unsaturated/α-hetero) is 4. The van der Waals surface area contributed by atoms with Crippen LogP contribution in [0.5, 0.6) is 0 Å². The van der Waals surface area contributed by atoms with Crippen molar-refractivity contribution in [2.75, 3.05) is 0 Å². The van der Waals surface area contributed by atoms with Gasteiger partial charge in [0.25, 0.3) is 0 Å². The second-order valence-corrected chi connectivity index (χ2v) is 34.3. The number of hydrogen-bond acceptors (Lipinski definition) is 8. The van der Waals surface area contributed by atoms with Crippen molar-refractivity contribution in [1.82, 2.24) is 0 Å². The first-order valence-corrected chi connectivity index (χ1v) is 31.9. The summed E-state index contributed by atoms with van der Waals surface area (Å²) in [6, 6.07) is 0. The second-order valence-electron chi connectivity index (χ2n) is 25.4. The van der Waals surface area contributed by atoms with Gasteiger partial charge in [0.1, 0.15) is 22.8 Å². The quantitative estimate of drug-likeness (QED) is 0.103. The van der Waals surface area contributed by atoms with E-state index in [2.05, 4.69) is 67.0 Å². The Balaban J connectivity index is 0.000000341. The van der Waals surface area contributed by atoms with Crippen LogP contribution in [-0.2, 0) is 28.0 Å². The molecule has 0 amide bonds. The Labute approximate surface area is 382 Å². The lowest BCUT2D eigenvalue weighted by Crippen LogP contribution is -2.44. The molecule has 4 aliphatic rings. The summed E-state index contributed by atoms with van der Waals surface area (Å²) in [5.74, 6) is 3.33. The van der Waals surface area contributed by atoms with Crippen molar-refractivity contribution < 1.29 is 38.2 Å². The largest absolute Gasteiger partial charge is 0.413 e. The number of hydrogen-bond donors (Lipinski definition) is 2. The van der Waals surface area contributed by atoms with Gasteiger partial charge in [-0.25, -0.2) is 0 Å².